The highest BCUT2D eigenvalue weighted by Crippen LogP contribution is 2.44. The largest absolute Gasteiger partial charge is 0.464 e. The second kappa shape index (κ2) is 8.72. The first-order valence-electron chi connectivity index (χ1n) is 11.9. The molecule has 2 aliphatic heterocycles. The van der Waals surface area contributed by atoms with E-state index < -0.39 is 0 Å². The van der Waals surface area contributed by atoms with E-state index in [0.29, 0.717) is 24.5 Å². The molecule has 3 aliphatic rings. The Morgan fingerprint density at radius 3 is 3.00 bits per heavy atom. The van der Waals surface area contributed by atoms with Crippen LogP contribution in [0.4, 0.5) is 0 Å². The van der Waals surface area contributed by atoms with E-state index >= 15 is 0 Å². The molecule has 0 saturated carbocycles. The van der Waals surface area contributed by atoms with Crippen LogP contribution < -0.4 is 5.32 Å². The second-order valence-corrected chi connectivity index (χ2v) is 9.70. The molecule has 162 valence electrons. The molecular weight excluding hydrogens is 374 g/mol. The molecule has 0 amide bonds. The first kappa shape index (κ1) is 20.1. The van der Waals surface area contributed by atoms with E-state index in [1.165, 1.54) is 41.3 Å². The summed E-state index contributed by atoms with van der Waals surface area (Å²) in [6.45, 7) is 2.47. The zero-order chi connectivity index (χ0) is 20.5. The first-order valence-corrected chi connectivity index (χ1v) is 11.9. The van der Waals surface area contributed by atoms with Crippen LogP contribution in [0.25, 0.3) is 10.9 Å². The molecule has 0 bridgehead atoms. The van der Waals surface area contributed by atoms with Crippen LogP contribution in [0.2, 0.25) is 0 Å². The highest BCUT2D eigenvalue weighted by atomic mass is 16.5. The highest BCUT2D eigenvalue weighted by molar-refractivity contribution is 5.88. The van der Waals surface area contributed by atoms with E-state index in [1.807, 2.05) is 0 Å². The maximum atomic E-state index is 12.8. The summed E-state index contributed by atoms with van der Waals surface area (Å²) >= 11 is 0. The van der Waals surface area contributed by atoms with Gasteiger partial charge in [-0.2, -0.15) is 0 Å². The molecule has 2 N–H and O–H groups in total. The van der Waals surface area contributed by atoms with E-state index in [1.54, 1.807) is 0 Å². The van der Waals surface area contributed by atoms with Crippen molar-refractivity contribution < 1.29 is 9.53 Å². The molecule has 5 heteroatoms. The number of piperidine rings is 1. The molecule has 5 rings (SSSR count). The van der Waals surface area contributed by atoms with Crippen molar-refractivity contribution in [3.8, 4) is 0 Å². The zero-order valence-corrected chi connectivity index (χ0v) is 18.2. The number of hydrogen-bond acceptors (Lipinski definition) is 4. The standard InChI is InChI=1S/C25H35N3O2/c1-28-15-17(16-30-25(29)22-9-5-3-2-4-6-11-26-22)12-20-19-8-7-10-21-24(19)18(14-27-21)13-23(20)28/h7-8,10,14,17,20,22-23,26-27H,2-6,9,11-13,15-16H2,1H3/t17-,20-,22?,23-/m1/s1. The summed E-state index contributed by atoms with van der Waals surface area (Å²) < 4.78 is 5.88. The summed E-state index contributed by atoms with van der Waals surface area (Å²) in [5.41, 5.74) is 4.18. The Hall–Kier alpha value is -1.85. The van der Waals surface area contributed by atoms with Gasteiger partial charge in [0.1, 0.15) is 6.04 Å². The van der Waals surface area contributed by atoms with Gasteiger partial charge in [-0.25, -0.2) is 0 Å². The predicted octanol–water partition coefficient (Wildman–Crippen LogP) is 3.98. The molecule has 1 aromatic heterocycles. The molecule has 1 unspecified atom stereocenters. The van der Waals surface area contributed by atoms with Gasteiger partial charge in [0.25, 0.3) is 0 Å². The van der Waals surface area contributed by atoms with Crippen LogP contribution in [0.1, 0.15) is 62.0 Å². The lowest BCUT2D eigenvalue weighted by molar-refractivity contribution is -0.148. The molecular formula is C25H35N3O2. The number of H-pyrrole nitrogens is 1. The monoisotopic (exact) mass is 409 g/mol. The van der Waals surface area contributed by atoms with Crippen LogP contribution in [0.5, 0.6) is 0 Å². The lowest BCUT2D eigenvalue weighted by atomic mass is 9.72. The average Bonchev–Trinajstić information content (AvgIpc) is 3.22. The number of fused-ring (bicyclic) bond motifs is 2. The molecule has 2 saturated heterocycles. The number of carbonyl (C=O) groups is 1. The van der Waals surface area contributed by atoms with Gasteiger partial charge in [-0.15, -0.1) is 0 Å². The fourth-order valence-electron chi connectivity index (χ4n) is 6.06. The number of likely N-dealkylation sites (N-methyl/N-ethyl adjacent to an activating group) is 1. The fraction of sp³-hybridized carbons (Fsp3) is 0.640. The third-order valence-corrected chi connectivity index (χ3v) is 7.62. The van der Waals surface area contributed by atoms with Crippen molar-refractivity contribution in [2.45, 2.75) is 69.4 Å². The minimum absolute atomic E-state index is 0.0413. The van der Waals surface area contributed by atoms with Gasteiger partial charge >= 0.3 is 5.97 Å². The van der Waals surface area contributed by atoms with Crippen molar-refractivity contribution in [3.63, 3.8) is 0 Å². The number of rotatable bonds is 3. The lowest BCUT2D eigenvalue weighted by Gasteiger charge is -2.45. The molecule has 5 nitrogen and oxygen atoms in total. The number of carbonyl (C=O) groups excluding carboxylic acids is 1. The number of aromatic nitrogens is 1. The average molecular weight is 410 g/mol. The van der Waals surface area contributed by atoms with Crippen molar-refractivity contribution in [2.24, 2.45) is 5.92 Å². The number of esters is 1. The Morgan fingerprint density at radius 1 is 1.20 bits per heavy atom. The zero-order valence-electron chi connectivity index (χ0n) is 18.2. The van der Waals surface area contributed by atoms with Crippen molar-refractivity contribution in [1.29, 1.82) is 0 Å². The van der Waals surface area contributed by atoms with Gasteiger partial charge in [0.2, 0.25) is 0 Å². The Kier molecular flexibility index (Phi) is 5.83. The molecule has 1 aromatic carbocycles. The summed E-state index contributed by atoms with van der Waals surface area (Å²) in [5.74, 6) is 0.870. The van der Waals surface area contributed by atoms with Gasteiger partial charge in [0.05, 0.1) is 6.61 Å². The molecule has 2 fully saturated rings. The van der Waals surface area contributed by atoms with E-state index in [9.17, 15) is 4.79 Å². The summed E-state index contributed by atoms with van der Waals surface area (Å²) in [5, 5.41) is 4.87. The molecule has 1 aliphatic carbocycles. The van der Waals surface area contributed by atoms with Crippen LogP contribution in [-0.2, 0) is 16.0 Å². The summed E-state index contributed by atoms with van der Waals surface area (Å²) in [7, 11) is 2.24. The van der Waals surface area contributed by atoms with E-state index in [0.717, 1.165) is 45.2 Å². The van der Waals surface area contributed by atoms with Gasteiger partial charge in [0.15, 0.2) is 0 Å². The maximum Gasteiger partial charge on any atom is 0.323 e. The topological polar surface area (TPSA) is 57.4 Å². The molecule has 0 spiro atoms. The van der Waals surface area contributed by atoms with Crippen LogP contribution in [0, 0.1) is 5.92 Å². The maximum absolute atomic E-state index is 12.8. The van der Waals surface area contributed by atoms with E-state index in [-0.39, 0.29) is 12.0 Å². The van der Waals surface area contributed by atoms with Crippen LogP contribution in [-0.4, -0.2) is 54.7 Å². The van der Waals surface area contributed by atoms with Gasteiger partial charge < -0.3 is 19.9 Å². The fourth-order valence-corrected chi connectivity index (χ4v) is 6.06. The Labute approximate surface area is 179 Å². The Balaban J connectivity index is 1.25. The summed E-state index contributed by atoms with van der Waals surface area (Å²) in [6, 6.07) is 7.08. The third-order valence-electron chi connectivity index (χ3n) is 7.62. The summed E-state index contributed by atoms with van der Waals surface area (Å²) in [6.07, 6.45) is 11.4. The molecule has 30 heavy (non-hydrogen) atoms. The van der Waals surface area contributed by atoms with Crippen molar-refractivity contribution >= 4 is 16.9 Å². The predicted molar refractivity (Wildman–Crippen MR) is 120 cm³/mol. The number of benzene rings is 1. The van der Waals surface area contributed by atoms with Gasteiger partial charge in [-0.05, 0) is 56.5 Å². The highest BCUT2D eigenvalue weighted by Gasteiger charge is 2.39. The van der Waals surface area contributed by atoms with Crippen molar-refractivity contribution in [3.05, 3.63) is 35.5 Å². The number of likely N-dealkylation sites (tertiary alicyclic amines) is 1. The first-order chi connectivity index (χ1) is 14.7. The SMILES string of the molecule is CN1C[C@H](COC(=O)C2CCCCCCCN2)C[C@@H]2c3cccc4[nH]cc(c34)C[C@H]21. The molecule has 4 atom stereocenters. The van der Waals surface area contributed by atoms with Gasteiger partial charge in [-0.3, -0.25) is 4.79 Å². The Bertz CT molecular complexity index is 882. The minimum Gasteiger partial charge on any atom is -0.464 e. The Morgan fingerprint density at radius 2 is 2.07 bits per heavy atom. The summed E-state index contributed by atoms with van der Waals surface area (Å²) in [4.78, 5) is 18.7. The number of hydrogen-bond donors (Lipinski definition) is 2. The van der Waals surface area contributed by atoms with E-state index in [4.69, 9.17) is 4.74 Å². The van der Waals surface area contributed by atoms with Crippen molar-refractivity contribution in [1.82, 2.24) is 15.2 Å². The number of nitrogens with zero attached hydrogens (tertiary/aromatic N) is 1. The molecule has 3 heterocycles. The number of aromatic amines is 1. The number of ether oxygens (including phenoxy) is 1. The molecule has 2 aromatic rings. The molecule has 0 radical (unpaired) electrons. The quantitative estimate of drug-likeness (QED) is 0.753. The second-order valence-electron chi connectivity index (χ2n) is 9.70. The minimum atomic E-state index is -0.122. The lowest BCUT2D eigenvalue weighted by Crippen LogP contribution is -2.49. The van der Waals surface area contributed by atoms with Crippen LogP contribution in [0.15, 0.2) is 24.4 Å². The van der Waals surface area contributed by atoms with E-state index in [2.05, 4.69) is 46.6 Å². The van der Waals surface area contributed by atoms with Crippen LogP contribution >= 0.6 is 0 Å². The third kappa shape index (κ3) is 3.90. The normalized spacial score (nSPS) is 30.2. The smallest absolute Gasteiger partial charge is 0.323 e. The van der Waals surface area contributed by atoms with Crippen molar-refractivity contribution in [2.75, 3.05) is 26.7 Å². The van der Waals surface area contributed by atoms with Crippen LogP contribution in [0.3, 0.4) is 0 Å². The van der Waals surface area contributed by atoms with Gasteiger partial charge in [0, 0.05) is 41.5 Å². The van der Waals surface area contributed by atoms with Gasteiger partial charge in [-0.1, -0.05) is 37.8 Å². The number of nitrogens with one attached hydrogen (secondary N) is 2.